The summed E-state index contributed by atoms with van der Waals surface area (Å²) in [4.78, 5) is 27.7. The van der Waals surface area contributed by atoms with E-state index in [1.165, 1.54) is 19.2 Å². The van der Waals surface area contributed by atoms with Gasteiger partial charge in [-0.15, -0.1) is 0 Å². The average Bonchev–Trinajstić information content (AvgIpc) is 3.19. The van der Waals surface area contributed by atoms with Crippen LogP contribution >= 0.6 is 11.6 Å². The maximum Gasteiger partial charge on any atom is 0.418 e. The Morgan fingerprint density at radius 2 is 1.75 bits per heavy atom. The van der Waals surface area contributed by atoms with Crippen LogP contribution in [-0.4, -0.2) is 60.1 Å². The van der Waals surface area contributed by atoms with E-state index in [0.717, 1.165) is 24.3 Å². The van der Waals surface area contributed by atoms with Gasteiger partial charge in [0.25, 0.3) is 0 Å². The van der Waals surface area contributed by atoms with E-state index in [1.807, 2.05) is 24.3 Å². The number of aromatic nitrogens is 1. The monoisotopic (exact) mass is 506 g/mol. The van der Waals surface area contributed by atoms with Crippen molar-refractivity contribution in [3.63, 3.8) is 0 Å². The Labute approximate surface area is 211 Å². The summed E-state index contributed by atoms with van der Waals surface area (Å²) in [6, 6.07) is 17.4. The van der Waals surface area contributed by atoms with E-state index in [1.54, 1.807) is 24.3 Å². The molecule has 2 heterocycles. The van der Waals surface area contributed by atoms with Crippen molar-refractivity contribution in [3.05, 3.63) is 76.8 Å². The van der Waals surface area contributed by atoms with Crippen molar-refractivity contribution in [2.75, 3.05) is 38.3 Å². The van der Waals surface area contributed by atoms with Gasteiger partial charge in [-0.2, -0.15) is 0 Å². The number of hydrogen-bond donors (Lipinski definition) is 2. The third kappa shape index (κ3) is 4.14. The van der Waals surface area contributed by atoms with E-state index in [2.05, 4.69) is 4.90 Å². The molecule has 2 N–H and O–H groups in total. The highest BCUT2D eigenvalue weighted by atomic mass is 35.5. The number of aromatic hydroxyl groups is 1. The second-order valence-corrected chi connectivity index (χ2v) is 8.78. The number of halogens is 1. The minimum absolute atomic E-state index is 0.116. The van der Waals surface area contributed by atoms with Gasteiger partial charge < -0.3 is 24.6 Å². The number of ether oxygens (including phenoxy) is 2. The standard InChI is InChI=1S/C27H23ClN2O6/c1-35-19-4-2-3-17(13-19)25(31)24-21-14-20(22(28)15-23(21)30(26(24)32)27(33)34)16-5-7-18(8-6-16)29-9-11-36-12-10-29/h2-8,13-15,32H,9-12H2,1H3,(H,33,34). The maximum absolute atomic E-state index is 13.5. The molecule has 1 aliphatic rings. The highest BCUT2D eigenvalue weighted by molar-refractivity contribution is 6.34. The number of anilines is 1. The van der Waals surface area contributed by atoms with Gasteiger partial charge in [-0.25, -0.2) is 9.36 Å². The van der Waals surface area contributed by atoms with E-state index in [4.69, 9.17) is 21.1 Å². The van der Waals surface area contributed by atoms with Crippen molar-refractivity contribution in [1.82, 2.24) is 4.57 Å². The molecule has 3 aromatic carbocycles. The summed E-state index contributed by atoms with van der Waals surface area (Å²) in [5.41, 5.74) is 2.71. The minimum Gasteiger partial charge on any atom is -0.497 e. The van der Waals surface area contributed by atoms with Crippen LogP contribution in [0.25, 0.3) is 22.0 Å². The molecule has 0 spiro atoms. The Bertz CT molecular complexity index is 1470. The molecular weight excluding hydrogens is 484 g/mol. The van der Waals surface area contributed by atoms with Crippen LogP contribution in [0.5, 0.6) is 11.6 Å². The second-order valence-electron chi connectivity index (χ2n) is 8.37. The first-order valence-electron chi connectivity index (χ1n) is 11.3. The number of ketones is 1. The Morgan fingerprint density at radius 3 is 2.42 bits per heavy atom. The summed E-state index contributed by atoms with van der Waals surface area (Å²) in [6.07, 6.45) is -1.43. The Hall–Kier alpha value is -4.01. The van der Waals surface area contributed by atoms with Gasteiger partial charge in [0.15, 0.2) is 5.78 Å². The van der Waals surface area contributed by atoms with Crippen LogP contribution in [0.4, 0.5) is 10.5 Å². The number of nitrogens with zero attached hydrogens (tertiary/aromatic N) is 2. The van der Waals surface area contributed by atoms with Crippen molar-refractivity contribution in [3.8, 4) is 22.8 Å². The molecule has 8 nitrogen and oxygen atoms in total. The van der Waals surface area contributed by atoms with Crippen molar-refractivity contribution in [2.24, 2.45) is 0 Å². The second kappa shape index (κ2) is 9.56. The first-order valence-corrected chi connectivity index (χ1v) is 11.7. The van der Waals surface area contributed by atoms with E-state index in [0.29, 0.717) is 34.1 Å². The van der Waals surface area contributed by atoms with E-state index < -0.39 is 17.8 Å². The number of hydrogen-bond acceptors (Lipinski definition) is 6. The lowest BCUT2D eigenvalue weighted by Gasteiger charge is -2.29. The molecule has 1 aromatic heterocycles. The van der Waals surface area contributed by atoms with Gasteiger partial charge in [-0.05, 0) is 42.0 Å². The zero-order chi connectivity index (χ0) is 25.4. The quantitative estimate of drug-likeness (QED) is 0.355. The summed E-state index contributed by atoms with van der Waals surface area (Å²) in [6.45, 7) is 2.98. The maximum atomic E-state index is 13.5. The molecule has 0 bridgehead atoms. The molecule has 0 radical (unpaired) electrons. The van der Waals surface area contributed by atoms with Crippen LogP contribution in [0.3, 0.4) is 0 Å². The van der Waals surface area contributed by atoms with Gasteiger partial charge in [-0.1, -0.05) is 35.9 Å². The third-order valence-corrected chi connectivity index (χ3v) is 6.65. The fraction of sp³-hybridized carbons (Fsp3) is 0.185. The molecule has 1 fully saturated rings. The Kier molecular flexibility index (Phi) is 6.30. The predicted molar refractivity (Wildman–Crippen MR) is 137 cm³/mol. The molecule has 0 atom stereocenters. The largest absolute Gasteiger partial charge is 0.497 e. The molecule has 0 saturated carbocycles. The predicted octanol–water partition coefficient (Wildman–Crippen LogP) is 5.27. The van der Waals surface area contributed by atoms with E-state index >= 15 is 0 Å². The Morgan fingerprint density at radius 1 is 1.03 bits per heavy atom. The van der Waals surface area contributed by atoms with E-state index in [9.17, 15) is 19.8 Å². The van der Waals surface area contributed by atoms with Gasteiger partial charge in [0.2, 0.25) is 5.88 Å². The lowest BCUT2D eigenvalue weighted by atomic mass is 9.98. The zero-order valence-electron chi connectivity index (χ0n) is 19.4. The molecule has 0 unspecified atom stereocenters. The summed E-state index contributed by atoms with van der Waals surface area (Å²) in [5, 5.41) is 21.2. The van der Waals surface area contributed by atoms with Crippen LogP contribution in [-0.2, 0) is 4.74 Å². The SMILES string of the molecule is COc1cccc(C(=O)c2c(O)n(C(=O)O)c3cc(Cl)c(-c4ccc(N5CCOCC5)cc4)cc23)c1. The summed E-state index contributed by atoms with van der Waals surface area (Å²) in [5.74, 6) is -0.736. The normalized spacial score (nSPS) is 13.7. The zero-order valence-corrected chi connectivity index (χ0v) is 20.2. The lowest BCUT2D eigenvalue weighted by molar-refractivity contribution is 0.103. The van der Waals surface area contributed by atoms with Crippen LogP contribution in [0.2, 0.25) is 5.02 Å². The molecule has 0 amide bonds. The molecule has 0 aliphatic carbocycles. The minimum atomic E-state index is -1.43. The summed E-state index contributed by atoms with van der Waals surface area (Å²) >= 11 is 6.58. The van der Waals surface area contributed by atoms with Gasteiger partial charge in [0, 0.05) is 35.3 Å². The van der Waals surface area contributed by atoms with Crippen molar-refractivity contribution in [2.45, 2.75) is 0 Å². The van der Waals surface area contributed by atoms with Crippen LogP contribution in [0, 0.1) is 0 Å². The number of morpholine rings is 1. The molecular formula is C27H23ClN2O6. The van der Waals surface area contributed by atoms with Gasteiger partial charge in [-0.3, -0.25) is 4.79 Å². The number of rotatable bonds is 5. The first kappa shape index (κ1) is 23.7. The molecule has 1 aliphatic heterocycles. The molecule has 9 heteroatoms. The summed E-state index contributed by atoms with van der Waals surface area (Å²) < 4.78 is 11.3. The Balaban J connectivity index is 1.63. The van der Waals surface area contributed by atoms with Crippen LogP contribution in [0.1, 0.15) is 15.9 Å². The smallest absolute Gasteiger partial charge is 0.418 e. The topological polar surface area (TPSA) is 101 Å². The molecule has 1 saturated heterocycles. The third-order valence-electron chi connectivity index (χ3n) is 6.34. The number of carbonyl (C=O) groups excluding carboxylic acids is 1. The number of carbonyl (C=O) groups is 2. The van der Waals surface area contributed by atoms with Crippen molar-refractivity contribution >= 4 is 40.1 Å². The number of fused-ring (bicyclic) bond motifs is 1. The summed E-state index contributed by atoms with van der Waals surface area (Å²) in [7, 11) is 1.48. The number of methoxy groups -OCH3 is 1. The molecule has 36 heavy (non-hydrogen) atoms. The van der Waals surface area contributed by atoms with Crippen molar-refractivity contribution in [1.29, 1.82) is 0 Å². The van der Waals surface area contributed by atoms with Gasteiger partial charge >= 0.3 is 6.09 Å². The number of benzene rings is 3. The highest BCUT2D eigenvalue weighted by Crippen LogP contribution is 2.40. The first-order chi connectivity index (χ1) is 17.4. The fourth-order valence-corrected chi connectivity index (χ4v) is 4.78. The molecule has 184 valence electrons. The average molecular weight is 507 g/mol. The van der Waals surface area contributed by atoms with Crippen LogP contribution in [0.15, 0.2) is 60.7 Å². The van der Waals surface area contributed by atoms with Crippen molar-refractivity contribution < 1.29 is 29.3 Å². The van der Waals surface area contributed by atoms with E-state index in [-0.39, 0.29) is 22.0 Å². The number of carboxylic acid groups (broad SMARTS) is 1. The fourth-order valence-electron chi connectivity index (χ4n) is 4.52. The van der Waals surface area contributed by atoms with Gasteiger partial charge in [0.1, 0.15) is 5.75 Å². The molecule has 4 aromatic rings. The van der Waals surface area contributed by atoms with Crippen LogP contribution < -0.4 is 9.64 Å². The molecule has 5 rings (SSSR count). The van der Waals surface area contributed by atoms with Gasteiger partial charge in [0.05, 0.1) is 36.4 Å². The lowest BCUT2D eigenvalue weighted by Crippen LogP contribution is -2.36. The highest BCUT2D eigenvalue weighted by Gasteiger charge is 2.28.